The number of ether oxygens (including phenoxy) is 1. The van der Waals surface area contributed by atoms with E-state index in [1.807, 2.05) is 50.2 Å². The monoisotopic (exact) mass is 389 g/mol. The van der Waals surface area contributed by atoms with E-state index in [0.717, 1.165) is 11.1 Å². The van der Waals surface area contributed by atoms with Crippen LogP contribution in [0.1, 0.15) is 11.1 Å². The van der Waals surface area contributed by atoms with Gasteiger partial charge in [0.05, 0.1) is 0 Å². The molecule has 0 radical (unpaired) electrons. The van der Waals surface area contributed by atoms with Crippen LogP contribution in [0.5, 0.6) is 5.75 Å². The van der Waals surface area contributed by atoms with Crippen molar-refractivity contribution in [2.24, 2.45) is 0 Å². The number of urea groups is 1. The van der Waals surface area contributed by atoms with Gasteiger partial charge in [0, 0.05) is 17.1 Å². The quantitative estimate of drug-likeness (QED) is 0.557. The summed E-state index contributed by atoms with van der Waals surface area (Å²) < 4.78 is 5.56. The SMILES string of the molecule is Cc1cc(C)cc(OCC(=O)Nc2ccc(NC(=O)Nc3ccccc3)cc2)c1. The van der Waals surface area contributed by atoms with Crippen molar-refractivity contribution in [3.8, 4) is 5.75 Å². The molecule has 0 aliphatic heterocycles. The van der Waals surface area contributed by atoms with Gasteiger partial charge in [-0.05, 0) is 73.5 Å². The van der Waals surface area contributed by atoms with E-state index < -0.39 is 0 Å². The molecule has 0 heterocycles. The van der Waals surface area contributed by atoms with Crippen LogP contribution in [0.2, 0.25) is 0 Å². The van der Waals surface area contributed by atoms with Crippen LogP contribution in [-0.2, 0) is 4.79 Å². The molecule has 0 fully saturated rings. The summed E-state index contributed by atoms with van der Waals surface area (Å²) in [5, 5.41) is 8.25. The maximum Gasteiger partial charge on any atom is 0.323 e. The molecule has 0 aliphatic rings. The molecule has 29 heavy (non-hydrogen) atoms. The summed E-state index contributed by atoms with van der Waals surface area (Å²) in [5.74, 6) is 0.410. The molecule has 0 atom stereocenters. The number of para-hydroxylation sites is 1. The number of nitrogens with one attached hydrogen (secondary N) is 3. The fraction of sp³-hybridized carbons (Fsp3) is 0.130. The number of carbonyl (C=O) groups is 2. The molecule has 148 valence electrons. The van der Waals surface area contributed by atoms with Crippen LogP contribution in [0.3, 0.4) is 0 Å². The summed E-state index contributed by atoms with van der Waals surface area (Å²) >= 11 is 0. The van der Waals surface area contributed by atoms with E-state index in [1.165, 1.54) is 0 Å². The molecule has 0 aliphatic carbocycles. The molecule has 6 heteroatoms. The summed E-state index contributed by atoms with van der Waals surface area (Å²) in [5.41, 5.74) is 4.10. The highest BCUT2D eigenvalue weighted by molar-refractivity contribution is 6.00. The van der Waals surface area contributed by atoms with Gasteiger partial charge in [-0.3, -0.25) is 4.79 Å². The van der Waals surface area contributed by atoms with Crippen LogP contribution in [0, 0.1) is 13.8 Å². The van der Waals surface area contributed by atoms with Crippen LogP contribution >= 0.6 is 0 Å². The number of hydrogen-bond donors (Lipinski definition) is 3. The van der Waals surface area contributed by atoms with E-state index >= 15 is 0 Å². The number of carbonyl (C=O) groups excluding carboxylic acids is 2. The van der Waals surface area contributed by atoms with Gasteiger partial charge in [-0.2, -0.15) is 0 Å². The van der Waals surface area contributed by atoms with Crippen molar-refractivity contribution in [3.63, 3.8) is 0 Å². The fourth-order valence-electron chi connectivity index (χ4n) is 2.81. The topological polar surface area (TPSA) is 79.5 Å². The molecule has 6 nitrogen and oxygen atoms in total. The normalized spacial score (nSPS) is 10.1. The van der Waals surface area contributed by atoms with Crippen molar-refractivity contribution in [3.05, 3.63) is 83.9 Å². The Morgan fingerprint density at radius 3 is 1.83 bits per heavy atom. The van der Waals surface area contributed by atoms with E-state index in [-0.39, 0.29) is 18.5 Å². The molecule has 0 spiro atoms. The maximum atomic E-state index is 12.1. The molecule has 0 bridgehead atoms. The lowest BCUT2D eigenvalue weighted by Gasteiger charge is -2.10. The zero-order chi connectivity index (χ0) is 20.6. The Balaban J connectivity index is 1.48. The molecular formula is C23H23N3O3. The lowest BCUT2D eigenvalue weighted by atomic mass is 10.1. The summed E-state index contributed by atoms with van der Waals surface area (Å²) in [6.45, 7) is 3.88. The minimum absolute atomic E-state index is 0.0810. The van der Waals surface area contributed by atoms with E-state index in [2.05, 4.69) is 16.0 Å². The van der Waals surface area contributed by atoms with E-state index in [0.29, 0.717) is 22.8 Å². The summed E-state index contributed by atoms with van der Waals surface area (Å²) in [6, 6.07) is 21.5. The Hall–Kier alpha value is -3.80. The Morgan fingerprint density at radius 1 is 0.724 bits per heavy atom. The largest absolute Gasteiger partial charge is 0.484 e. The predicted octanol–water partition coefficient (Wildman–Crippen LogP) is 4.96. The van der Waals surface area contributed by atoms with Gasteiger partial charge < -0.3 is 20.7 Å². The van der Waals surface area contributed by atoms with Crippen LogP contribution in [0.4, 0.5) is 21.9 Å². The highest BCUT2D eigenvalue weighted by Crippen LogP contribution is 2.17. The van der Waals surface area contributed by atoms with Gasteiger partial charge in [0.2, 0.25) is 0 Å². The number of benzene rings is 3. The Bertz CT molecular complexity index is 966. The lowest BCUT2D eigenvalue weighted by Crippen LogP contribution is -2.20. The standard InChI is InChI=1S/C23H23N3O3/c1-16-12-17(2)14-21(13-16)29-15-22(27)24-19-8-10-20(11-9-19)26-23(28)25-18-6-4-3-5-7-18/h3-14H,15H2,1-2H3,(H,24,27)(H2,25,26,28). The van der Waals surface area contributed by atoms with E-state index in [1.54, 1.807) is 36.4 Å². The van der Waals surface area contributed by atoms with Crippen molar-refractivity contribution < 1.29 is 14.3 Å². The number of rotatable bonds is 6. The minimum atomic E-state index is -0.338. The Kier molecular flexibility index (Phi) is 6.47. The second-order valence-electron chi connectivity index (χ2n) is 6.68. The van der Waals surface area contributed by atoms with Crippen molar-refractivity contribution in [1.29, 1.82) is 0 Å². The number of hydrogen-bond acceptors (Lipinski definition) is 3. The zero-order valence-electron chi connectivity index (χ0n) is 16.4. The van der Waals surface area contributed by atoms with Crippen molar-refractivity contribution in [1.82, 2.24) is 0 Å². The van der Waals surface area contributed by atoms with Crippen molar-refractivity contribution >= 4 is 29.0 Å². The maximum absolute atomic E-state index is 12.1. The number of aryl methyl sites for hydroxylation is 2. The zero-order valence-corrected chi connectivity index (χ0v) is 16.4. The van der Waals surface area contributed by atoms with E-state index in [4.69, 9.17) is 4.74 Å². The molecule has 3 N–H and O–H groups in total. The van der Waals surface area contributed by atoms with Gasteiger partial charge in [0.15, 0.2) is 6.61 Å². The molecule has 3 rings (SSSR count). The second kappa shape index (κ2) is 9.41. The molecule has 0 unspecified atom stereocenters. The molecule has 3 aromatic rings. The highest BCUT2D eigenvalue weighted by Gasteiger charge is 2.06. The summed E-state index contributed by atoms with van der Waals surface area (Å²) in [6.07, 6.45) is 0. The fourth-order valence-corrected chi connectivity index (χ4v) is 2.81. The van der Waals surface area contributed by atoms with Crippen molar-refractivity contribution in [2.45, 2.75) is 13.8 Å². The van der Waals surface area contributed by atoms with E-state index in [9.17, 15) is 9.59 Å². The number of anilines is 3. The van der Waals surface area contributed by atoms with Gasteiger partial charge >= 0.3 is 6.03 Å². The van der Waals surface area contributed by atoms with Gasteiger partial charge in [-0.1, -0.05) is 24.3 Å². The predicted molar refractivity (Wildman–Crippen MR) is 116 cm³/mol. The molecule has 3 aromatic carbocycles. The average Bonchev–Trinajstić information content (AvgIpc) is 2.68. The van der Waals surface area contributed by atoms with Gasteiger partial charge in [0.1, 0.15) is 5.75 Å². The summed E-state index contributed by atoms with van der Waals surface area (Å²) in [7, 11) is 0. The first-order valence-electron chi connectivity index (χ1n) is 9.22. The van der Waals surface area contributed by atoms with Crippen molar-refractivity contribution in [2.75, 3.05) is 22.6 Å². The minimum Gasteiger partial charge on any atom is -0.484 e. The first kappa shape index (κ1) is 19.9. The van der Waals surface area contributed by atoms with Crippen LogP contribution in [0.15, 0.2) is 72.8 Å². The number of amides is 3. The molecule has 0 aromatic heterocycles. The molecular weight excluding hydrogens is 366 g/mol. The Morgan fingerprint density at radius 2 is 1.24 bits per heavy atom. The first-order valence-corrected chi connectivity index (χ1v) is 9.22. The van der Waals surface area contributed by atoms with Gasteiger partial charge in [-0.15, -0.1) is 0 Å². The van der Waals surface area contributed by atoms with Crippen LogP contribution < -0.4 is 20.7 Å². The smallest absolute Gasteiger partial charge is 0.323 e. The second-order valence-corrected chi connectivity index (χ2v) is 6.68. The molecule has 0 saturated heterocycles. The molecule has 3 amide bonds. The van der Waals surface area contributed by atoms with Crippen LogP contribution in [-0.4, -0.2) is 18.5 Å². The molecule has 0 saturated carbocycles. The Labute approximate surface area is 169 Å². The summed E-state index contributed by atoms with van der Waals surface area (Å²) in [4.78, 5) is 24.1. The average molecular weight is 389 g/mol. The first-order chi connectivity index (χ1) is 14.0. The lowest BCUT2D eigenvalue weighted by molar-refractivity contribution is -0.118. The third-order valence-corrected chi connectivity index (χ3v) is 4.02. The van der Waals surface area contributed by atoms with Crippen LogP contribution in [0.25, 0.3) is 0 Å². The van der Waals surface area contributed by atoms with Gasteiger partial charge in [0.25, 0.3) is 5.91 Å². The highest BCUT2D eigenvalue weighted by atomic mass is 16.5. The van der Waals surface area contributed by atoms with Gasteiger partial charge in [-0.25, -0.2) is 4.79 Å². The third-order valence-electron chi connectivity index (χ3n) is 4.02. The third kappa shape index (κ3) is 6.39.